The van der Waals surface area contributed by atoms with Gasteiger partial charge in [0.1, 0.15) is 35.1 Å². The second-order valence-corrected chi connectivity index (χ2v) is 11.2. The first kappa shape index (κ1) is 28.6. The summed E-state index contributed by atoms with van der Waals surface area (Å²) in [7, 11) is 0. The zero-order chi connectivity index (χ0) is 31.6. The standard InChI is InChI=1S/C31H21F6N7O/c32-17-5-15(6-18(33)8-17)7-23(27-19(10-22-24(41-27)12-39-42-22)16-3-1-14(11-38)2-4-16)40-25(45)13-44-29-26(28(43-44)30(34)35)20-9-21(20)31(29,36)37/h1-6,8,10,12,20-21,23,30H,7,9,13H2,(H,39,42)(H,40,45). The lowest BCUT2D eigenvalue weighted by atomic mass is 9.94. The summed E-state index contributed by atoms with van der Waals surface area (Å²) in [5.74, 6) is -7.82. The Bertz CT molecular complexity index is 1990. The zero-order valence-corrected chi connectivity index (χ0v) is 23.0. The maximum atomic E-state index is 15.1. The number of nitrogens with one attached hydrogen (secondary N) is 2. The molecule has 14 heteroatoms. The number of carbonyl (C=O) groups is 1. The number of amides is 1. The highest BCUT2D eigenvalue weighted by Crippen LogP contribution is 2.68. The van der Waals surface area contributed by atoms with Crippen LogP contribution in [0.25, 0.3) is 22.2 Å². The Kier molecular flexibility index (Phi) is 6.65. The zero-order valence-electron chi connectivity index (χ0n) is 23.0. The fourth-order valence-corrected chi connectivity index (χ4v) is 6.25. The van der Waals surface area contributed by atoms with Crippen molar-refractivity contribution in [3.8, 4) is 17.2 Å². The van der Waals surface area contributed by atoms with Crippen molar-refractivity contribution >= 4 is 16.9 Å². The Morgan fingerprint density at radius 1 is 1.11 bits per heavy atom. The number of fused-ring (bicyclic) bond motifs is 4. The monoisotopic (exact) mass is 621 g/mol. The Labute approximate surface area is 250 Å². The van der Waals surface area contributed by atoms with E-state index in [4.69, 9.17) is 0 Å². The van der Waals surface area contributed by atoms with E-state index < -0.39 is 65.7 Å². The van der Waals surface area contributed by atoms with Crippen LogP contribution in [0, 0.1) is 28.9 Å². The van der Waals surface area contributed by atoms with Gasteiger partial charge in [-0.2, -0.15) is 24.2 Å². The highest BCUT2D eigenvalue weighted by Gasteiger charge is 2.67. The third kappa shape index (κ3) is 4.98. The molecule has 3 unspecified atom stereocenters. The Balaban J connectivity index is 1.29. The summed E-state index contributed by atoms with van der Waals surface area (Å²) in [4.78, 5) is 18.2. The van der Waals surface area contributed by atoms with Crippen LogP contribution in [-0.2, 0) is 23.7 Å². The number of H-pyrrole nitrogens is 1. The molecule has 0 spiro atoms. The second kappa shape index (κ2) is 10.5. The van der Waals surface area contributed by atoms with Gasteiger partial charge in [-0.3, -0.25) is 14.6 Å². The molecule has 1 fully saturated rings. The van der Waals surface area contributed by atoms with Crippen molar-refractivity contribution < 1.29 is 31.1 Å². The fourth-order valence-electron chi connectivity index (χ4n) is 6.25. The van der Waals surface area contributed by atoms with E-state index in [0.29, 0.717) is 38.5 Å². The largest absolute Gasteiger partial charge is 0.346 e. The third-order valence-corrected chi connectivity index (χ3v) is 8.27. The third-order valence-electron chi connectivity index (χ3n) is 8.27. The van der Waals surface area contributed by atoms with Gasteiger partial charge in [-0.15, -0.1) is 0 Å². The molecule has 2 aromatic carbocycles. The molecule has 0 aliphatic heterocycles. The van der Waals surface area contributed by atoms with Crippen molar-refractivity contribution in [2.45, 2.75) is 43.7 Å². The Morgan fingerprint density at radius 2 is 1.84 bits per heavy atom. The molecular formula is C31H21F6N7O. The van der Waals surface area contributed by atoms with Crippen LogP contribution in [0.4, 0.5) is 26.3 Å². The number of nitriles is 1. The van der Waals surface area contributed by atoms with E-state index in [2.05, 4.69) is 25.6 Å². The van der Waals surface area contributed by atoms with Gasteiger partial charge in [0.15, 0.2) is 0 Å². The highest BCUT2D eigenvalue weighted by atomic mass is 19.3. The number of aromatic amines is 1. The quantitative estimate of drug-likeness (QED) is 0.200. The van der Waals surface area contributed by atoms with Crippen molar-refractivity contribution in [1.82, 2.24) is 30.3 Å². The van der Waals surface area contributed by atoms with Crippen molar-refractivity contribution in [1.29, 1.82) is 5.26 Å². The van der Waals surface area contributed by atoms with Crippen molar-refractivity contribution in [2.75, 3.05) is 0 Å². The van der Waals surface area contributed by atoms with Gasteiger partial charge in [-0.1, -0.05) is 12.1 Å². The number of halogens is 6. The average Bonchev–Trinajstić information content (AvgIpc) is 3.40. The number of rotatable bonds is 8. The molecule has 0 saturated heterocycles. The number of hydrogen-bond acceptors (Lipinski definition) is 5. The molecule has 2 N–H and O–H groups in total. The molecule has 3 aromatic heterocycles. The molecule has 0 radical (unpaired) electrons. The molecule has 45 heavy (non-hydrogen) atoms. The van der Waals surface area contributed by atoms with Crippen LogP contribution in [-0.4, -0.2) is 30.9 Å². The number of carbonyl (C=O) groups excluding carboxylic acids is 1. The molecular weight excluding hydrogens is 600 g/mol. The molecule has 2 aliphatic carbocycles. The minimum absolute atomic E-state index is 0.0736. The molecule has 0 bridgehead atoms. The number of hydrogen-bond donors (Lipinski definition) is 2. The molecule has 3 atom stereocenters. The summed E-state index contributed by atoms with van der Waals surface area (Å²) >= 11 is 0. The van der Waals surface area contributed by atoms with E-state index in [0.717, 1.165) is 12.1 Å². The van der Waals surface area contributed by atoms with Gasteiger partial charge < -0.3 is 5.32 Å². The second-order valence-electron chi connectivity index (χ2n) is 11.2. The van der Waals surface area contributed by atoms with Crippen LogP contribution in [0.3, 0.4) is 0 Å². The van der Waals surface area contributed by atoms with Gasteiger partial charge >= 0.3 is 0 Å². The lowest BCUT2D eigenvalue weighted by Gasteiger charge is -2.22. The summed E-state index contributed by atoms with van der Waals surface area (Å²) in [6.07, 6.45) is -1.77. The van der Waals surface area contributed by atoms with Gasteiger partial charge in [-0.25, -0.2) is 22.5 Å². The molecule has 3 heterocycles. The van der Waals surface area contributed by atoms with Gasteiger partial charge in [-0.05, 0) is 60.2 Å². The van der Waals surface area contributed by atoms with Crippen molar-refractivity contribution in [3.05, 3.63) is 100 Å². The van der Waals surface area contributed by atoms with E-state index in [1.54, 1.807) is 30.3 Å². The highest BCUT2D eigenvalue weighted by molar-refractivity contribution is 5.83. The van der Waals surface area contributed by atoms with Crippen molar-refractivity contribution in [3.63, 3.8) is 0 Å². The van der Waals surface area contributed by atoms with Crippen LogP contribution in [0.2, 0.25) is 0 Å². The fraction of sp³-hybridized carbons (Fsp3) is 0.258. The number of nitrogens with zero attached hydrogens (tertiary/aromatic N) is 5. The maximum Gasteiger partial charge on any atom is 0.293 e. The molecule has 7 rings (SSSR count). The van der Waals surface area contributed by atoms with E-state index in [-0.39, 0.29) is 29.7 Å². The first-order chi connectivity index (χ1) is 21.5. The van der Waals surface area contributed by atoms with Gasteiger partial charge in [0.25, 0.3) is 12.3 Å². The van der Waals surface area contributed by atoms with Gasteiger partial charge in [0, 0.05) is 23.1 Å². The molecule has 5 aromatic rings. The summed E-state index contributed by atoms with van der Waals surface area (Å²) in [5, 5.41) is 22.5. The van der Waals surface area contributed by atoms with Crippen LogP contribution in [0.5, 0.6) is 0 Å². The predicted octanol–water partition coefficient (Wildman–Crippen LogP) is 6.22. The SMILES string of the molecule is N#Cc1ccc(-c2cc3[nH]ncc3nc2C(Cc2cc(F)cc(F)c2)NC(=O)Cn2nc(C(F)F)c3c2C(F)(F)C2CC32)cc1. The topological polar surface area (TPSA) is 112 Å². The lowest BCUT2D eigenvalue weighted by Crippen LogP contribution is -2.35. The van der Waals surface area contributed by atoms with E-state index >= 15 is 8.78 Å². The summed E-state index contributed by atoms with van der Waals surface area (Å²) in [6, 6.07) is 12.0. The van der Waals surface area contributed by atoms with E-state index in [1.807, 2.05) is 6.07 Å². The van der Waals surface area contributed by atoms with Crippen LogP contribution in [0.1, 0.15) is 58.6 Å². The minimum atomic E-state index is -3.42. The summed E-state index contributed by atoms with van der Waals surface area (Å²) in [6.45, 7) is -0.807. The Morgan fingerprint density at radius 3 is 2.53 bits per heavy atom. The molecule has 8 nitrogen and oxygen atoms in total. The van der Waals surface area contributed by atoms with E-state index in [1.165, 1.54) is 6.20 Å². The smallest absolute Gasteiger partial charge is 0.293 e. The van der Waals surface area contributed by atoms with E-state index in [9.17, 15) is 27.6 Å². The van der Waals surface area contributed by atoms with Gasteiger partial charge in [0.2, 0.25) is 5.91 Å². The first-order valence-electron chi connectivity index (χ1n) is 13.9. The Hall–Kier alpha value is -5.19. The maximum absolute atomic E-state index is 15.1. The predicted molar refractivity (Wildman–Crippen MR) is 147 cm³/mol. The number of benzene rings is 2. The average molecular weight is 622 g/mol. The first-order valence-corrected chi connectivity index (χ1v) is 13.9. The van der Waals surface area contributed by atoms with Crippen LogP contribution < -0.4 is 5.32 Å². The number of aromatic nitrogens is 5. The molecule has 1 saturated carbocycles. The molecule has 2 aliphatic rings. The number of alkyl halides is 4. The minimum Gasteiger partial charge on any atom is -0.346 e. The molecule has 228 valence electrons. The lowest BCUT2D eigenvalue weighted by molar-refractivity contribution is -0.123. The van der Waals surface area contributed by atoms with Gasteiger partial charge in [0.05, 0.1) is 35.1 Å². The summed E-state index contributed by atoms with van der Waals surface area (Å²) < 4.78 is 86.8. The van der Waals surface area contributed by atoms with Crippen LogP contribution in [0.15, 0.2) is 54.7 Å². The van der Waals surface area contributed by atoms with Crippen molar-refractivity contribution in [2.24, 2.45) is 5.92 Å². The normalized spacial score (nSPS) is 18.4. The van der Waals surface area contributed by atoms with Crippen LogP contribution >= 0.6 is 0 Å². The molecule has 1 amide bonds. The number of pyridine rings is 1. The summed E-state index contributed by atoms with van der Waals surface area (Å²) in [5.41, 5.74) is 1.15.